The summed E-state index contributed by atoms with van der Waals surface area (Å²) in [5.41, 5.74) is 5.79. The van der Waals surface area contributed by atoms with Crippen LogP contribution in [0.5, 0.6) is 0 Å². The molecule has 0 saturated carbocycles. The van der Waals surface area contributed by atoms with Crippen LogP contribution >= 0.6 is 24.0 Å². The van der Waals surface area contributed by atoms with Crippen molar-refractivity contribution in [3.8, 4) is 0 Å². The molecular formula is C11H22N2OS2. The lowest BCUT2D eigenvalue weighted by molar-refractivity contribution is 0.0725. The van der Waals surface area contributed by atoms with Gasteiger partial charge in [-0.15, -0.1) is 11.8 Å². The van der Waals surface area contributed by atoms with Crippen molar-refractivity contribution in [1.29, 1.82) is 0 Å². The van der Waals surface area contributed by atoms with Crippen LogP contribution < -0.4 is 11.1 Å². The molecule has 5 heteroatoms. The van der Waals surface area contributed by atoms with Crippen LogP contribution in [-0.4, -0.2) is 35.4 Å². The summed E-state index contributed by atoms with van der Waals surface area (Å²) >= 11 is 7.14. The Balaban J connectivity index is 2.13. The Morgan fingerprint density at radius 2 is 2.44 bits per heavy atom. The van der Waals surface area contributed by atoms with E-state index in [-0.39, 0.29) is 0 Å². The highest BCUT2D eigenvalue weighted by Crippen LogP contribution is 2.28. The summed E-state index contributed by atoms with van der Waals surface area (Å²) in [6.07, 6.45) is 4.60. The summed E-state index contributed by atoms with van der Waals surface area (Å²) < 4.78 is 5.69. The molecule has 0 amide bonds. The van der Waals surface area contributed by atoms with Crippen LogP contribution in [0.4, 0.5) is 0 Å². The molecule has 3 N–H and O–H groups in total. The Hall–Kier alpha value is 0.160. The fraction of sp³-hybridized carbons (Fsp3) is 0.909. The van der Waals surface area contributed by atoms with Gasteiger partial charge in [-0.3, -0.25) is 0 Å². The molecule has 0 bridgehead atoms. The first kappa shape index (κ1) is 14.2. The molecule has 0 aromatic carbocycles. The minimum Gasteiger partial charge on any atom is -0.378 e. The first-order valence-electron chi connectivity index (χ1n) is 5.96. The summed E-state index contributed by atoms with van der Waals surface area (Å²) in [6, 6.07) is 0. The van der Waals surface area contributed by atoms with Crippen molar-refractivity contribution in [2.24, 2.45) is 5.73 Å². The van der Waals surface area contributed by atoms with Crippen LogP contribution in [0.25, 0.3) is 0 Å². The van der Waals surface area contributed by atoms with E-state index in [0.717, 1.165) is 24.6 Å². The lowest BCUT2D eigenvalue weighted by atomic mass is 10.2. The number of hydrogen-bond donors (Lipinski definition) is 2. The maximum Gasteiger partial charge on any atom is 0.103 e. The summed E-state index contributed by atoms with van der Waals surface area (Å²) in [5.74, 6) is 0. The van der Waals surface area contributed by atoms with E-state index in [1.54, 1.807) is 0 Å². The summed E-state index contributed by atoms with van der Waals surface area (Å²) in [4.78, 5) is 0.918. The fourth-order valence-electron chi connectivity index (χ4n) is 1.67. The molecule has 1 saturated heterocycles. The van der Waals surface area contributed by atoms with Crippen LogP contribution in [-0.2, 0) is 4.74 Å². The zero-order chi connectivity index (χ0) is 11.8. The zero-order valence-corrected chi connectivity index (χ0v) is 11.5. The summed E-state index contributed by atoms with van der Waals surface area (Å²) in [7, 11) is 0. The van der Waals surface area contributed by atoms with Gasteiger partial charge in [-0.1, -0.05) is 19.1 Å². The fourth-order valence-corrected chi connectivity index (χ4v) is 3.39. The van der Waals surface area contributed by atoms with Crippen LogP contribution in [0.1, 0.15) is 32.6 Å². The number of rotatable bonds is 6. The number of ether oxygens (including phenoxy) is 1. The van der Waals surface area contributed by atoms with Gasteiger partial charge in [-0.25, -0.2) is 0 Å². The molecule has 1 aliphatic rings. The average molecular weight is 262 g/mol. The van der Waals surface area contributed by atoms with E-state index in [2.05, 4.69) is 12.2 Å². The monoisotopic (exact) mass is 262 g/mol. The Labute approximate surface area is 108 Å². The van der Waals surface area contributed by atoms with E-state index >= 15 is 0 Å². The topological polar surface area (TPSA) is 47.3 Å². The van der Waals surface area contributed by atoms with E-state index in [1.165, 1.54) is 19.3 Å². The van der Waals surface area contributed by atoms with Crippen LogP contribution in [0.15, 0.2) is 0 Å². The van der Waals surface area contributed by atoms with E-state index in [4.69, 9.17) is 22.7 Å². The molecule has 0 radical (unpaired) electrons. The van der Waals surface area contributed by atoms with E-state index in [0.29, 0.717) is 17.2 Å². The number of thiocarbonyl (C=S) groups is 1. The molecule has 0 aromatic rings. The Morgan fingerprint density at radius 1 is 1.62 bits per heavy atom. The molecular weight excluding hydrogens is 240 g/mol. The average Bonchev–Trinajstić information content (AvgIpc) is 2.27. The number of nitrogens with one attached hydrogen (secondary N) is 1. The van der Waals surface area contributed by atoms with Crippen molar-refractivity contribution in [2.75, 3.05) is 19.7 Å². The number of thioether (sulfide) groups is 1. The van der Waals surface area contributed by atoms with Crippen molar-refractivity contribution in [3.05, 3.63) is 0 Å². The van der Waals surface area contributed by atoms with Crippen molar-refractivity contribution in [3.63, 3.8) is 0 Å². The lowest BCUT2D eigenvalue weighted by Crippen LogP contribution is -2.29. The molecule has 1 heterocycles. The molecule has 0 aliphatic carbocycles. The van der Waals surface area contributed by atoms with E-state index in [9.17, 15) is 0 Å². The van der Waals surface area contributed by atoms with Gasteiger partial charge in [-0.05, 0) is 19.3 Å². The molecule has 16 heavy (non-hydrogen) atoms. The molecule has 2 atom stereocenters. The van der Waals surface area contributed by atoms with Gasteiger partial charge >= 0.3 is 0 Å². The van der Waals surface area contributed by atoms with Gasteiger partial charge in [0.1, 0.15) is 5.44 Å². The quantitative estimate of drug-likeness (QED) is 0.716. The van der Waals surface area contributed by atoms with Gasteiger partial charge in [0.15, 0.2) is 0 Å². The predicted molar refractivity (Wildman–Crippen MR) is 74.9 cm³/mol. The zero-order valence-electron chi connectivity index (χ0n) is 9.91. The minimum atomic E-state index is 0.376. The summed E-state index contributed by atoms with van der Waals surface area (Å²) in [6.45, 7) is 4.53. The van der Waals surface area contributed by atoms with Gasteiger partial charge in [0.25, 0.3) is 0 Å². The highest BCUT2D eigenvalue weighted by Gasteiger charge is 2.18. The highest BCUT2D eigenvalue weighted by molar-refractivity contribution is 8.00. The van der Waals surface area contributed by atoms with Crippen molar-refractivity contribution in [2.45, 2.75) is 43.3 Å². The molecule has 3 nitrogen and oxygen atoms in total. The van der Waals surface area contributed by atoms with Crippen LogP contribution in [0, 0.1) is 0 Å². The summed E-state index contributed by atoms with van der Waals surface area (Å²) in [5, 5.41) is 3.67. The molecule has 94 valence electrons. The molecule has 0 aromatic heterocycles. The number of nitrogens with two attached hydrogens (primary N) is 1. The van der Waals surface area contributed by atoms with Crippen molar-refractivity contribution in [1.82, 2.24) is 5.32 Å². The van der Waals surface area contributed by atoms with E-state index in [1.807, 2.05) is 11.8 Å². The Morgan fingerprint density at radius 3 is 3.06 bits per heavy atom. The number of hydrogen-bond acceptors (Lipinski definition) is 4. The largest absolute Gasteiger partial charge is 0.378 e. The maximum atomic E-state index is 5.69. The van der Waals surface area contributed by atoms with Gasteiger partial charge in [0, 0.05) is 31.4 Å². The Bertz CT molecular complexity index is 208. The normalized spacial score (nSPS) is 22.8. The van der Waals surface area contributed by atoms with Crippen LogP contribution in [0.2, 0.25) is 0 Å². The SMILES string of the molecule is CC(CC(=S)NCCN)SC1CCCCO1. The van der Waals surface area contributed by atoms with Crippen molar-refractivity contribution < 1.29 is 4.74 Å². The smallest absolute Gasteiger partial charge is 0.103 e. The third-order valence-electron chi connectivity index (χ3n) is 2.46. The minimum absolute atomic E-state index is 0.376. The highest BCUT2D eigenvalue weighted by atomic mass is 32.2. The van der Waals surface area contributed by atoms with E-state index < -0.39 is 0 Å². The standard InChI is InChI=1S/C11H22N2OS2/c1-9(8-10(15)13-6-5-12)16-11-4-2-3-7-14-11/h9,11H,2-8,12H2,1H3,(H,13,15). The maximum absolute atomic E-state index is 5.69. The van der Waals surface area contributed by atoms with Crippen molar-refractivity contribution >= 4 is 29.0 Å². The molecule has 0 spiro atoms. The molecule has 1 rings (SSSR count). The van der Waals surface area contributed by atoms with Crippen LogP contribution in [0.3, 0.4) is 0 Å². The third-order valence-corrected chi connectivity index (χ3v) is 4.08. The first-order valence-corrected chi connectivity index (χ1v) is 7.31. The second kappa shape index (κ2) is 8.28. The predicted octanol–water partition coefficient (Wildman–Crippen LogP) is 1.90. The lowest BCUT2D eigenvalue weighted by Gasteiger charge is -2.25. The van der Waals surface area contributed by atoms with Gasteiger partial charge in [0.05, 0.1) is 4.99 Å². The molecule has 2 unspecified atom stereocenters. The van der Waals surface area contributed by atoms with Gasteiger partial charge in [-0.2, -0.15) is 0 Å². The first-order chi connectivity index (χ1) is 7.72. The Kier molecular flexibility index (Phi) is 7.36. The second-order valence-electron chi connectivity index (χ2n) is 4.09. The van der Waals surface area contributed by atoms with Gasteiger partial charge < -0.3 is 15.8 Å². The molecule has 1 aliphatic heterocycles. The van der Waals surface area contributed by atoms with Gasteiger partial charge in [0.2, 0.25) is 0 Å². The molecule has 1 fully saturated rings. The second-order valence-corrected chi connectivity index (χ2v) is 6.18. The third kappa shape index (κ3) is 6.03.